The lowest BCUT2D eigenvalue weighted by Gasteiger charge is -2.12. The Balaban J connectivity index is 2.24. The molecule has 0 spiro atoms. The fraction of sp³-hybridized carbons (Fsp3) is 0.0588. The molecule has 0 radical (unpaired) electrons. The predicted molar refractivity (Wildman–Crippen MR) is 95.2 cm³/mol. The van der Waals surface area contributed by atoms with E-state index in [9.17, 15) is 0 Å². The molecular weight excluding hydrogens is 296 g/mol. The molecular formula is C17H17ClN4. The van der Waals surface area contributed by atoms with Gasteiger partial charge in [-0.2, -0.15) is 0 Å². The van der Waals surface area contributed by atoms with Crippen LogP contribution in [0.2, 0.25) is 0 Å². The van der Waals surface area contributed by atoms with Gasteiger partial charge in [0.15, 0.2) is 5.29 Å². The van der Waals surface area contributed by atoms with Crippen molar-refractivity contribution in [2.24, 2.45) is 15.7 Å². The van der Waals surface area contributed by atoms with Crippen LogP contribution in [0.25, 0.3) is 11.1 Å². The van der Waals surface area contributed by atoms with Crippen molar-refractivity contribution in [1.82, 2.24) is 0 Å². The molecule has 3 N–H and O–H groups in total. The van der Waals surface area contributed by atoms with E-state index in [4.69, 9.17) is 17.3 Å². The molecule has 0 saturated heterocycles. The van der Waals surface area contributed by atoms with Gasteiger partial charge < -0.3 is 11.1 Å². The van der Waals surface area contributed by atoms with E-state index in [1.807, 2.05) is 42.5 Å². The molecule has 2 aromatic carbocycles. The average Bonchev–Trinajstić information content (AvgIpc) is 2.47. The zero-order valence-electron chi connectivity index (χ0n) is 12.3. The summed E-state index contributed by atoms with van der Waals surface area (Å²) in [5.41, 5.74) is 8.40. The summed E-state index contributed by atoms with van der Waals surface area (Å²) in [5.74, 6) is 0.893. The molecule has 0 amide bonds. The number of benzene rings is 2. The Hall–Kier alpha value is -2.59. The number of hydrogen-bond acceptors (Lipinski definition) is 2. The van der Waals surface area contributed by atoms with E-state index in [1.54, 1.807) is 6.92 Å². The number of nitrogens with one attached hydrogen (secondary N) is 1. The van der Waals surface area contributed by atoms with Crippen molar-refractivity contribution in [3.63, 3.8) is 0 Å². The second-order valence-corrected chi connectivity index (χ2v) is 4.96. The highest BCUT2D eigenvalue weighted by Gasteiger charge is 2.04. The maximum atomic E-state index is 5.52. The van der Waals surface area contributed by atoms with E-state index in [1.165, 1.54) is 0 Å². The van der Waals surface area contributed by atoms with E-state index < -0.39 is 0 Å². The first-order valence-electron chi connectivity index (χ1n) is 6.71. The minimum atomic E-state index is -0.0567. The van der Waals surface area contributed by atoms with Gasteiger partial charge in [-0.05, 0) is 30.2 Å². The molecule has 0 aromatic heterocycles. The molecule has 4 nitrogen and oxygen atoms in total. The van der Waals surface area contributed by atoms with Gasteiger partial charge in [0.05, 0.1) is 0 Å². The second kappa shape index (κ2) is 7.43. The highest BCUT2D eigenvalue weighted by Crippen LogP contribution is 2.28. The van der Waals surface area contributed by atoms with Crippen LogP contribution in [0.5, 0.6) is 0 Å². The monoisotopic (exact) mass is 312 g/mol. The molecule has 2 rings (SSSR count). The fourth-order valence-corrected chi connectivity index (χ4v) is 2.14. The third-order valence-corrected chi connectivity index (χ3v) is 2.94. The van der Waals surface area contributed by atoms with Gasteiger partial charge in [0.2, 0.25) is 0 Å². The summed E-state index contributed by atoms with van der Waals surface area (Å²) in [6, 6.07) is 18.0. The van der Waals surface area contributed by atoms with Gasteiger partial charge in [-0.3, -0.25) is 0 Å². The highest BCUT2D eigenvalue weighted by molar-refractivity contribution is 6.65. The van der Waals surface area contributed by atoms with Crippen molar-refractivity contribution in [3.05, 3.63) is 67.0 Å². The van der Waals surface area contributed by atoms with Crippen LogP contribution in [0.15, 0.2) is 77.0 Å². The van der Waals surface area contributed by atoms with Crippen LogP contribution in [-0.2, 0) is 0 Å². The number of anilines is 1. The van der Waals surface area contributed by atoms with Crippen LogP contribution < -0.4 is 11.1 Å². The Morgan fingerprint density at radius 1 is 1.05 bits per heavy atom. The zero-order chi connectivity index (χ0) is 15.9. The Bertz CT molecular complexity index is 716. The van der Waals surface area contributed by atoms with Crippen LogP contribution in [-0.4, -0.2) is 11.1 Å². The lowest BCUT2D eigenvalue weighted by Crippen LogP contribution is -2.06. The molecule has 0 atom stereocenters. The minimum Gasteiger partial charge on any atom is -0.374 e. The number of rotatable bonds is 4. The lowest BCUT2D eigenvalue weighted by atomic mass is 10.0. The van der Waals surface area contributed by atoms with Crippen molar-refractivity contribution in [3.8, 4) is 11.1 Å². The Kier molecular flexibility index (Phi) is 5.33. The number of amidine groups is 2. The van der Waals surface area contributed by atoms with Gasteiger partial charge in [0, 0.05) is 11.3 Å². The molecule has 0 fully saturated rings. The average molecular weight is 313 g/mol. The number of nitrogens with zero attached hydrogens (tertiary/aromatic N) is 2. The quantitative estimate of drug-likeness (QED) is 0.504. The van der Waals surface area contributed by atoms with E-state index in [2.05, 4.69) is 34.0 Å². The third kappa shape index (κ3) is 4.46. The van der Waals surface area contributed by atoms with Gasteiger partial charge in [-0.1, -0.05) is 55.1 Å². The highest BCUT2D eigenvalue weighted by atomic mass is 35.5. The molecule has 0 aliphatic heterocycles. The largest absolute Gasteiger partial charge is 0.374 e. The SMILES string of the molecule is C=C(N=C(C)N=C(N)Cl)Nc1ccccc1-c1ccccc1. The summed E-state index contributed by atoms with van der Waals surface area (Å²) in [7, 11) is 0. The minimum absolute atomic E-state index is 0.0567. The van der Waals surface area contributed by atoms with E-state index >= 15 is 0 Å². The van der Waals surface area contributed by atoms with Gasteiger partial charge in [0.1, 0.15) is 11.7 Å². The van der Waals surface area contributed by atoms with E-state index in [0.29, 0.717) is 11.7 Å². The first-order valence-corrected chi connectivity index (χ1v) is 7.09. The molecule has 2 aromatic rings. The molecule has 0 aliphatic carbocycles. The summed E-state index contributed by atoms with van der Waals surface area (Å²) in [4.78, 5) is 8.05. The van der Waals surface area contributed by atoms with Crippen LogP contribution in [0, 0.1) is 0 Å². The van der Waals surface area contributed by atoms with Gasteiger partial charge in [-0.25, -0.2) is 9.98 Å². The number of aliphatic imine (C=N–C) groups is 2. The molecule has 0 bridgehead atoms. The third-order valence-electron chi connectivity index (χ3n) is 2.86. The topological polar surface area (TPSA) is 62.8 Å². The fourth-order valence-electron chi connectivity index (χ4n) is 2.02. The summed E-state index contributed by atoms with van der Waals surface area (Å²) in [6.45, 7) is 5.58. The maximum absolute atomic E-state index is 5.52. The van der Waals surface area contributed by atoms with Crippen molar-refractivity contribution >= 4 is 28.4 Å². The lowest BCUT2D eigenvalue weighted by molar-refractivity contribution is 1.29. The van der Waals surface area contributed by atoms with Crippen molar-refractivity contribution < 1.29 is 0 Å². The van der Waals surface area contributed by atoms with Crippen LogP contribution >= 0.6 is 11.6 Å². The molecule has 0 heterocycles. The summed E-state index contributed by atoms with van der Waals surface area (Å²) >= 11 is 5.52. The molecule has 22 heavy (non-hydrogen) atoms. The molecule has 0 saturated carbocycles. The number of para-hydroxylation sites is 1. The Morgan fingerprint density at radius 3 is 2.36 bits per heavy atom. The van der Waals surface area contributed by atoms with Gasteiger partial charge in [-0.15, -0.1) is 0 Å². The molecule has 0 aliphatic rings. The first-order chi connectivity index (χ1) is 10.6. The molecule has 112 valence electrons. The maximum Gasteiger partial charge on any atom is 0.194 e. The van der Waals surface area contributed by atoms with Crippen LogP contribution in [0.1, 0.15) is 6.92 Å². The van der Waals surface area contributed by atoms with Crippen LogP contribution in [0.3, 0.4) is 0 Å². The normalized spacial score (nSPS) is 12.1. The summed E-state index contributed by atoms with van der Waals surface area (Å²) < 4.78 is 0. The number of nitrogens with two attached hydrogens (primary N) is 1. The number of halogens is 1. The molecule has 5 heteroatoms. The van der Waals surface area contributed by atoms with E-state index in [-0.39, 0.29) is 5.29 Å². The van der Waals surface area contributed by atoms with Gasteiger partial charge >= 0.3 is 0 Å². The Morgan fingerprint density at radius 2 is 1.68 bits per heavy atom. The summed E-state index contributed by atoms with van der Waals surface area (Å²) in [5, 5.41) is 3.12. The van der Waals surface area contributed by atoms with Gasteiger partial charge in [0.25, 0.3) is 0 Å². The van der Waals surface area contributed by atoms with Crippen LogP contribution in [0.4, 0.5) is 5.69 Å². The standard InChI is InChI=1S/C17H17ClN4/c1-12(20-13(2)22-17(18)19)21-16-11-7-6-10-15(16)14-8-4-3-5-9-14/h3-11,21H,1H2,2H3,(H2,19,20,22). The second-order valence-electron chi connectivity index (χ2n) is 4.58. The van der Waals surface area contributed by atoms with Crippen molar-refractivity contribution in [1.29, 1.82) is 0 Å². The van der Waals surface area contributed by atoms with E-state index in [0.717, 1.165) is 16.8 Å². The number of hydrogen-bond donors (Lipinski definition) is 2. The Labute approximate surface area is 135 Å². The van der Waals surface area contributed by atoms with Crippen molar-refractivity contribution in [2.75, 3.05) is 5.32 Å². The van der Waals surface area contributed by atoms with Crippen molar-refractivity contribution in [2.45, 2.75) is 6.92 Å². The first kappa shape index (κ1) is 15.8. The predicted octanol–water partition coefficient (Wildman–Crippen LogP) is 4.21. The summed E-state index contributed by atoms with van der Waals surface area (Å²) in [6.07, 6.45) is 0. The zero-order valence-corrected chi connectivity index (χ0v) is 13.0. The smallest absolute Gasteiger partial charge is 0.194 e. The molecule has 0 unspecified atom stereocenters.